The summed E-state index contributed by atoms with van der Waals surface area (Å²) >= 11 is 0. The first-order valence-corrected chi connectivity index (χ1v) is 15.3. The molecule has 1 aliphatic heterocycles. The van der Waals surface area contributed by atoms with Gasteiger partial charge in [0.2, 0.25) is 5.91 Å². The minimum atomic E-state index is -1.14. The summed E-state index contributed by atoms with van der Waals surface area (Å²) in [6.07, 6.45) is 1.11. The number of aliphatic hydroxyl groups is 2. The number of ether oxygens (including phenoxy) is 3. The van der Waals surface area contributed by atoms with E-state index >= 15 is 0 Å². The van der Waals surface area contributed by atoms with Crippen LogP contribution in [0, 0.1) is 35.5 Å². The number of carboxylic acids is 1. The third-order valence-corrected chi connectivity index (χ3v) is 8.11. The van der Waals surface area contributed by atoms with Crippen molar-refractivity contribution in [2.45, 2.75) is 40.5 Å². The number of benzene rings is 2. The van der Waals surface area contributed by atoms with Crippen LogP contribution >= 0.6 is 0 Å². The highest BCUT2D eigenvalue weighted by molar-refractivity contribution is 6.02. The highest BCUT2D eigenvalue weighted by atomic mass is 16.6. The van der Waals surface area contributed by atoms with E-state index in [1.165, 1.54) is 33.3 Å². The maximum absolute atomic E-state index is 12.4. The number of carbonyl (C=O) groups excluding carboxylic acids is 5. The standard InChI is InChI=1S/C17H23NO6.C9H14O4.C8H9NO2/c1-4-11(9-19)14(16(21)22)10(2)15(20)18-13-8-6-5-7-12(13)17(23)24-3;1-3-6(4-10)7-5(2)8(11)13-9(7)12;1-11-8(10)6-4-2-3-5-7(6)9/h5-8,10-11,14,19H,4,9H2,1-3H3,(H,18,20)(H,21,22);5-7,10H,3-4H2,1-2H3;2-5H,9H2,1H3. The molecule has 14 heteroatoms. The number of carbonyl (C=O) groups is 6. The number of para-hydroxylation sites is 2. The van der Waals surface area contributed by atoms with E-state index in [-0.39, 0.29) is 30.4 Å². The van der Waals surface area contributed by atoms with Gasteiger partial charge in [-0.05, 0) is 36.1 Å². The van der Waals surface area contributed by atoms with Crippen molar-refractivity contribution in [3.8, 4) is 0 Å². The average molecular weight is 675 g/mol. The quantitative estimate of drug-likeness (QED) is 0.0944. The second-order valence-corrected chi connectivity index (χ2v) is 11.0. The molecule has 2 aromatic rings. The molecule has 0 aromatic heterocycles. The number of rotatable bonds is 12. The largest absolute Gasteiger partial charge is 0.481 e. The van der Waals surface area contributed by atoms with E-state index in [2.05, 4.69) is 19.5 Å². The van der Waals surface area contributed by atoms with Gasteiger partial charge in [0.15, 0.2) is 0 Å². The van der Waals surface area contributed by atoms with Gasteiger partial charge in [0.05, 0.1) is 48.8 Å². The Balaban J connectivity index is 0.000000400. The molecule has 0 aliphatic carbocycles. The van der Waals surface area contributed by atoms with Gasteiger partial charge >= 0.3 is 29.8 Å². The molecule has 3 rings (SSSR count). The number of cyclic esters (lactones) is 2. The molecule has 1 saturated heterocycles. The van der Waals surface area contributed by atoms with Gasteiger partial charge in [-0.1, -0.05) is 64.8 Å². The molecule has 6 unspecified atom stereocenters. The van der Waals surface area contributed by atoms with Crippen molar-refractivity contribution in [3.05, 3.63) is 59.7 Å². The summed E-state index contributed by atoms with van der Waals surface area (Å²) in [5, 5.41) is 30.3. The highest BCUT2D eigenvalue weighted by Crippen LogP contribution is 2.31. The minimum Gasteiger partial charge on any atom is -0.481 e. The fourth-order valence-corrected chi connectivity index (χ4v) is 5.11. The van der Waals surface area contributed by atoms with Gasteiger partial charge in [-0.15, -0.1) is 0 Å². The van der Waals surface area contributed by atoms with Crippen molar-refractivity contribution >= 4 is 47.1 Å². The number of hydrogen-bond acceptors (Lipinski definition) is 12. The third kappa shape index (κ3) is 11.2. The lowest BCUT2D eigenvalue weighted by molar-refractivity contribution is -0.154. The summed E-state index contributed by atoms with van der Waals surface area (Å²) in [5.41, 5.74) is 6.79. The highest BCUT2D eigenvalue weighted by Gasteiger charge is 2.44. The zero-order valence-electron chi connectivity index (χ0n) is 28.0. The van der Waals surface area contributed by atoms with Crippen LogP contribution in [0.2, 0.25) is 0 Å². The van der Waals surface area contributed by atoms with E-state index in [0.29, 0.717) is 24.1 Å². The first-order chi connectivity index (χ1) is 22.7. The van der Waals surface area contributed by atoms with Crippen LogP contribution in [0.3, 0.4) is 0 Å². The van der Waals surface area contributed by atoms with Gasteiger partial charge in [0.25, 0.3) is 0 Å². The Morgan fingerprint density at radius 2 is 1.42 bits per heavy atom. The van der Waals surface area contributed by atoms with Crippen molar-refractivity contribution in [2.24, 2.45) is 35.5 Å². The molecule has 1 aliphatic rings. The maximum atomic E-state index is 12.4. The van der Waals surface area contributed by atoms with Crippen LogP contribution in [0.15, 0.2) is 48.5 Å². The van der Waals surface area contributed by atoms with Gasteiger partial charge in [-0.2, -0.15) is 0 Å². The van der Waals surface area contributed by atoms with Gasteiger partial charge in [-0.3, -0.25) is 19.2 Å². The van der Waals surface area contributed by atoms with E-state index in [1.807, 2.05) is 6.92 Å². The summed E-state index contributed by atoms with van der Waals surface area (Å²) in [4.78, 5) is 68.8. The number of amides is 1. The van der Waals surface area contributed by atoms with Crippen LogP contribution in [0.1, 0.15) is 61.3 Å². The van der Waals surface area contributed by atoms with E-state index in [4.69, 9.17) is 10.8 Å². The van der Waals surface area contributed by atoms with Gasteiger partial charge < -0.3 is 40.6 Å². The number of hydrogen-bond donors (Lipinski definition) is 5. The predicted molar refractivity (Wildman–Crippen MR) is 174 cm³/mol. The number of methoxy groups -OCH3 is 2. The molecule has 6 N–H and O–H groups in total. The van der Waals surface area contributed by atoms with Crippen LogP contribution in [-0.4, -0.2) is 78.5 Å². The first kappa shape index (κ1) is 41.2. The Bertz CT molecular complexity index is 1400. The smallest absolute Gasteiger partial charge is 0.339 e. The SMILES string of the molecule is CCC(CO)C(C(=O)O)C(C)C(=O)Nc1ccccc1C(=O)OC.CCC(CO)C1C(=O)OC(=O)C1C.COC(=O)c1ccccc1N. The van der Waals surface area contributed by atoms with Crippen LogP contribution in [0.25, 0.3) is 0 Å². The minimum absolute atomic E-state index is 0.0755. The lowest BCUT2D eigenvalue weighted by Crippen LogP contribution is -2.38. The number of aliphatic carboxylic acids is 1. The number of nitrogens with two attached hydrogens (primary N) is 1. The van der Waals surface area contributed by atoms with E-state index in [1.54, 1.807) is 50.2 Å². The molecule has 14 nitrogen and oxygen atoms in total. The lowest BCUT2D eigenvalue weighted by Gasteiger charge is -2.26. The maximum Gasteiger partial charge on any atom is 0.339 e. The Labute approximate surface area is 279 Å². The monoisotopic (exact) mass is 674 g/mol. The Morgan fingerprint density at radius 1 is 0.875 bits per heavy atom. The Hall–Kier alpha value is -4.82. The van der Waals surface area contributed by atoms with Crippen molar-refractivity contribution in [2.75, 3.05) is 38.5 Å². The summed E-state index contributed by atoms with van der Waals surface area (Å²) in [7, 11) is 2.56. The van der Waals surface area contributed by atoms with Gasteiger partial charge in [0, 0.05) is 24.8 Å². The summed E-state index contributed by atoms with van der Waals surface area (Å²) in [6, 6.07) is 13.1. The molecular formula is C34H46N2O12. The molecule has 0 bridgehead atoms. The molecular weight excluding hydrogens is 628 g/mol. The van der Waals surface area contributed by atoms with Crippen LogP contribution in [-0.2, 0) is 33.4 Å². The summed E-state index contributed by atoms with van der Waals surface area (Å²) in [6.45, 7) is 6.40. The first-order valence-electron chi connectivity index (χ1n) is 15.3. The number of esters is 4. The fraction of sp³-hybridized carbons (Fsp3) is 0.471. The van der Waals surface area contributed by atoms with Crippen molar-refractivity contribution in [1.82, 2.24) is 0 Å². The second-order valence-electron chi connectivity index (χ2n) is 11.0. The molecule has 264 valence electrons. The number of aliphatic hydroxyl groups excluding tert-OH is 2. The molecule has 48 heavy (non-hydrogen) atoms. The second kappa shape index (κ2) is 20.4. The average Bonchev–Trinajstić information content (AvgIpc) is 3.33. The number of carboxylic acid groups (broad SMARTS) is 1. The molecule has 0 saturated carbocycles. The molecule has 1 amide bonds. The Kier molecular flexibility index (Phi) is 17.5. The molecule has 2 aromatic carbocycles. The Morgan fingerprint density at radius 3 is 1.85 bits per heavy atom. The van der Waals surface area contributed by atoms with Gasteiger partial charge in [0.1, 0.15) is 0 Å². The topological polar surface area (TPSA) is 229 Å². The van der Waals surface area contributed by atoms with Crippen LogP contribution < -0.4 is 11.1 Å². The lowest BCUT2D eigenvalue weighted by atomic mass is 9.81. The van der Waals surface area contributed by atoms with Crippen molar-refractivity contribution in [1.29, 1.82) is 0 Å². The summed E-state index contributed by atoms with van der Waals surface area (Å²) in [5.74, 6) is -7.10. The molecule has 1 heterocycles. The zero-order valence-corrected chi connectivity index (χ0v) is 28.0. The van der Waals surface area contributed by atoms with E-state index < -0.39 is 65.3 Å². The zero-order chi connectivity index (χ0) is 36.6. The molecule has 0 radical (unpaired) electrons. The van der Waals surface area contributed by atoms with Gasteiger partial charge in [-0.25, -0.2) is 9.59 Å². The predicted octanol–water partition coefficient (Wildman–Crippen LogP) is 3.16. The number of anilines is 2. The van der Waals surface area contributed by atoms with Crippen molar-refractivity contribution in [3.63, 3.8) is 0 Å². The van der Waals surface area contributed by atoms with Crippen LogP contribution in [0.5, 0.6) is 0 Å². The number of nitrogen functional groups attached to an aromatic ring is 1. The molecule has 6 atom stereocenters. The summed E-state index contributed by atoms with van der Waals surface area (Å²) < 4.78 is 13.6. The van der Waals surface area contributed by atoms with Crippen molar-refractivity contribution < 1.29 is 58.3 Å². The normalized spacial score (nSPS) is 17.5. The molecule has 1 fully saturated rings. The number of nitrogens with one attached hydrogen (secondary N) is 1. The van der Waals surface area contributed by atoms with Crippen LogP contribution in [0.4, 0.5) is 11.4 Å². The molecule has 0 spiro atoms. The third-order valence-electron chi connectivity index (χ3n) is 8.11. The van der Waals surface area contributed by atoms with E-state index in [0.717, 1.165) is 0 Å². The fourth-order valence-electron chi connectivity index (χ4n) is 5.11. The van der Waals surface area contributed by atoms with E-state index in [9.17, 15) is 39.0 Å².